The monoisotopic (exact) mass is 222 g/mol. The molecule has 0 spiro atoms. The molecule has 82 valence electrons. The van der Waals surface area contributed by atoms with Crippen LogP contribution in [0.5, 0.6) is 0 Å². The van der Waals surface area contributed by atoms with Crippen LogP contribution in [0.4, 0.5) is 13.2 Å². The maximum absolute atomic E-state index is 13.9. The number of rotatable bonds is 2. The van der Waals surface area contributed by atoms with E-state index < -0.39 is 11.7 Å². The second-order valence-corrected chi connectivity index (χ2v) is 3.45. The molecule has 2 aromatic carbocycles. The van der Waals surface area contributed by atoms with Crippen molar-refractivity contribution in [2.45, 2.75) is 5.92 Å². The zero-order valence-electron chi connectivity index (χ0n) is 8.33. The van der Waals surface area contributed by atoms with Crippen molar-refractivity contribution in [1.82, 2.24) is 0 Å². The molecule has 0 nitrogen and oxygen atoms in total. The van der Waals surface area contributed by atoms with Gasteiger partial charge >= 0.3 is 0 Å². The molecule has 0 aliphatic rings. The van der Waals surface area contributed by atoms with Gasteiger partial charge in [-0.1, -0.05) is 30.3 Å². The fraction of sp³-hybridized carbons (Fsp3) is 0.0769. The summed E-state index contributed by atoms with van der Waals surface area (Å²) in [4.78, 5) is 0. The lowest BCUT2D eigenvalue weighted by atomic mass is 10.0. The minimum atomic E-state index is -3.09. The molecule has 0 N–H and O–H groups in total. The predicted molar refractivity (Wildman–Crippen MR) is 55.8 cm³/mol. The van der Waals surface area contributed by atoms with Gasteiger partial charge in [-0.05, 0) is 24.3 Å². The second kappa shape index (κ2) is 4.00. The van der Waals surface area contributed by atoms with Crippen molar-refractivity contribution in [3.05, 3.63) is 71.5 Å². The van der Waals surface area contributed by atoms with Crippen molar-refractivity contribution in [2.24, 2.45) is 0 Å². The van der Waals surface area contributed by atoms with Gasteiger partial charge in [0.05, 0.1) is 0 Å². The molecule has 0 atom stereocenters. The van der Waals surface area contributed by atoms with Crippen molar-refractivity contribution < 1.29 is 13.2 Å². The van der Waals surface area contributed by atoms with Crippen LogP contribution in [0.3, 0.4) is 0 Å². The summed E-state index contributed by atoms with van der Waals surface area (Å²) < 4.78 is 40.4. The average Bonchev–Trinajstić information content (AvgIpc) is 2.31. The van der Waals surface area contributed by atoms with Gasteiger partial charge in [-0.2, -0.15) is 8.78 Å². The smallest absolute Gasteiger partial charge is 0.207 e. The molecule has 2 aromatic rings. The highest BCUT2D eigenvalue weighted by atomic mass is 19.3. The molecule has 16 heavy (non-hydrogen) atoms. The molecule has 0 heterocycles. The molecule has 2 rings (SSSR count). The minimum Gasteiger partial charge on any atom is -0.207 e. The fourth-order valence-corrected chi connectivity index (χ4v) is 1.47. The molecular formula is C13H9F3. The summed E-state index contributed by atoms with van der Waals surface area (Å²) in [6.45, 7) is 0. The van der Waals surface area contributed by atoms with Crippen LogP contribution in [0.15, 0.2) is 54.6 Å². The van der Waals surface area contributed by atoms with E-state index in [1.54, 1.807) is 18.2 Å². The summed E-state index contributed by atoms with van der Waals surface area (Å²) in [5.41, 5.74) is -0.304. The van der Waals surface area contributed by atoms with E-state index in [0.717, 1.165) is 24.3 Å². The molecule has 0 saturated carbocycles. The molecule has 0 aliphatic carbocycles. The summed E-state index contributed by atoms with van der Waals surface area (Å²) in [6.07, 6.45) is 0. The van der Waals surface area contributed by atoms with Gasteiger partial charge in [-0.3, -0.25) is 0 Å². The van der Waals surface area contributed by atoms with E-state index in [1.807, 2.05) is 0 Å². The Hall–Kier alpha value is -1.77. The van der Waals surface area contributed by atoms with Crippen LogP contribution < -0.4 is 0 Å². The van der Waals surface area contributed by atoms with Crippen molar-refractivity contribution in [3.8, 4) is 0 Å². The lowest BCUT2D eigenvalue weighted by Gasteiger charge is -2.16. The van der Waals surface area contributed by atoms with E-state index in [-0.39, 0.29) is 11.1 Å². The predicted octanol–water partition coefficient (Wildman–Crippen LogP) is 3.97. The van der Waals surface area contributed by atoms with Gasteiger partial charge in [0, 0.05) is 11.1 Å². The van der Waals surface area contributed by atoms with Gasteiger partial charge in [0.25, 0.3) is 5.92 Å². The van der Waals surface area contributed by atoms with E-state index in [1.165, 1.54) is 12.1 Å². The van der Waals surface area contributed by atoms with Gasteiger partial charge in [-0.15, -0.1) is 0 Å². The average molecular weight is 222 g/mol. The maximum atomic E-state index is 13.9. The lowest BCUT2D eigenvalue weighted by Crippen LogP contribution is -2.14. The summed E-state index contributed by atoms with van der Waals surface area (Å²) in [5.74, 6) is -3.61. The van der Waals surface area contributed by atoms with Crippen LogP contribution in [0.2, 0.25) is 0 Å². The van der Waals surface area contributed by atoms with E-state index in [2.05, 4.69) is 0 Å². The third-order valence-corrected chi connectivity index (χ3v) is 2.34. The quantitative estimate of drug-likeness (QED) is 0.721. The number of halogens is 3. The molecule has 0 unspecified atom stereocenters. The second-order valence-electron chi connectivity index (χ2n) is 3.45. The van der Waals surface area contributed by atoms with Crippen LogP contribution in [-0.4, -0.2) is 0 Å². The Balaban J connectivity index is 2.43. The number of alkyl halides is 2. The number of hydrogen-bond acceptors (Lipinski definition) is 0. The molecule has 0 aliphatic heterocycles. The van der Waals surface area contributed by atoms with E-state index in [4.69, 9.17) is 0 Å². The minimum absolute atomic E-state index is 0.0957. The van der Waals surface area contributed by atoms with E-state index in [0.29, 0.717) is 0 Å². The van der Waals surface area contributed by atoms with Gasteiger partial charge in [0.15, 0.2) is 0 Å². The normalized spacial score (nSPS) is 11.4. The Kier molecular flexibility index (Phi) is 2.69. The molecule has 0 bridgehead atoms. The Labute approximate surface area is 91.4 Å². The molecule has 0 radical (unpaired) electrons. The highest BCUT2D eigenvalue weighted by Crippen LogP contribution is 2.35. The van der Waals surface area contributed by atoms with Crippen molar-refractivity contribution in [3.63, 3.8) is 0 Å². The number of benzene rings is 2. The SMILES string of the molecule is Fc1ccc(C(F)(F)c2ccccc2)cc1. The van der Waals surface area contributed by atoms with Gasteiger partial charge in [0.1, 0.15) is 5.82 Å². The lowest BCUT2D eigenvalue weighted by molar-refractivity contribution is 0.0428. The van der Waals surface area contributed by atoms with Gasteiger partial charge in [0.2, 0.25) is 0 Å². The molecule has 0 amide bonds. The first-order valence-electron chi connectivity index (χ1n) is 4.80. The van der Waals surface area contributed by atoms with Crippen molar-refractivity contribution in [1.29, 1.82) is 0 Å². The topological polar surface area (TPSA) is 0 Å². The molecule has 0 fully saturated rings. The summed E-state index contributed by atoms with van der Waals surface area (Å²) in [5, 5.41) is 0. The molecule has 0 saturated heterocycles. The Morgan fingerprint density at radius 2 is 1.19 bits per heavy atom. The van der Waals surface area contributed by atoms with Crippen LogP contribution in [-0.2, 0) is 5.92 Å². The third kappa shape index (κ3) is 1.94. The number of hydrogen-bond donors (Lipinski definition) is 0. The summed E-state index contributed by atoms with van der Waals surface area (Å²) in [6, 6.07) is 11.7. The molecule has 3 heteroatoms. The fourth-order valence-electron chi connectivity index (χ4n) is 1.47. The zero-order chi connectivity index (χ0) is 11.6. The van der Waals surface area contributed by atoms with Crippen LogP contribution in [0, 0.1) is 5.82 Å². The van der Waals surface area contributed by atoms with Crippen molar-refractivity contribution >= 4 is 0 Å². The summed E-state index contributed by atoms with van der Waals surface area (Å²) >= 11 is 0. The Bertz CT molecular complexity index is 460. The standard InChI is InChI=1S/C13H9F3/c14-12-8-6-11(7-9-12)13(15,16)10-4-2-1-3-5-10/h1-9H. The Morgan fingerprint density at radius 1 is 0.688 bits per heavy atom. The van der Waals surface area contributed by atoms with Crippen LogP contribution in [0.25, 0.3) is 0 Å². The Morgan fingerprint density at radius 3 is 1.75 bits per heavy atom. The molecular weight excluding hydrogens is 213 g/mol. The third-order valence-electron chi connectivity index (χ3n) is 2.34. The van der Waals surface area contributed by atoms with Gasteiger partial charge in [-0.25, -0.2) is 4.39 Å². The van der Waals surface area contributed by atoms with E-state index >= 15 is 0 Å². The summed E-state index contributed by atoms with van der Waals surface area (Å²) in [7, 11) is 0. The van der Waals surface area contributed by atoms with E-state index in [9.17, 15) is 13.2 Å². The van der Waals surface area contributed by atoms with Gasteiger partial charge < -0.3 is 0 Å². The maximum Gasteiger partial charge on any atom is 0.298 e. The van der Waals surface area contributed by atoms with Crippen molar-refractivity contribution in [2.75, 3.05) is 0 Å². The first kappa shape index (κ1) is 10.7. The van der Waals surface area contributed by atoms with Crippen LogP contribution in [0.1, 0.15) is 11.1 Å². The molecule has 0 aromatic heterocycles. The zero-order valence-corrected chi connectivity index (χ0v) is 8.33. The largest absolute Gasteiger partial charge is 0.298 e. The first-order valence-corrected chi connectivity index (χ1v) is 4.80. The first-order chi connectivity index (χ1) is 7.60. The highest BCUT2D eigenvalue weighted by Gasteiger charge is 2.33. The highest BCUT2D eigenvalue weighted by molar-refractivity contribution is 5.33. The van der Waals surface area contributed by atoms with Crippen LogP contribution >= 0.6 is 0 Å².